The van der Waals surface area contributed by atoms with Gasteiger partial charge in [0.1, 0.15) is 0 Å². The van der Waals surface area contributed by atoms with Crippen molar-refractivity contribution >= 4 is 6.03 Å². The maximum absolute atomic E-state index is 10.3. The van der Waals surface area contributed by atoms with Crippen LogP contribution in [0.15, 0.2) is 12.8 Å². The molecule has 52 valence electrons. The summed E-state index contributed by atoms with van der Waals surface area (Å²) in [6, 6.07) is -0.598. The van der Waals surface area contributed by atoms with Crippen LogP contribution in [0, 0.1) is 0 Å². The van der Waals surface area contributed by atoms with Crippen molar-refractivity contribution in [1.29, 1.82) is 0 Å². The maximum Gasteiger partial charge on any atom is 0.318 e. The number of hydrogen-bond donors (Lipinski definition) is 2. The van der Waals surface area contributed by atoms with Gasteiger partial charge in [-0.3, -0.25) is 4.90 Å². The second-order valence-corrected chi connectivity index (χ2v) is 1.44. The molecule has 0 atom stereocenters. The van der Waals surface area contributed by atoms with Crippen molar-refractivity contribution in [3.8, 4) is 0 Å². The number of rotatable bonds is 3. The molecule has 0 aliphatic heterocycles. The number of carbonyl (C=O) groups excluding carboxylic acids is 1. The zero-order valence-electron chi connectivity index (χ0n) is 5.08. The van der Waals surface area contributed by atoms with Crippen LogP contribution in [-0.2, 0) is 0 Å². The van der Waals surface area contributed by atoms with E-state index in [4.69, 9.17) is 10.8 Å². The number of urea groups is 1. The van der Waals surface area contributed by atoms with Gasteiger partial charge in [-0.05, 0) is 0 Å². The summed E-state index contributed by atoms with van der Waals surface area (Å²) >= 11 is 0. The maximum atomic E-state index is 10.3. The molecule has 0 spiro atoms. The lowest BCUT2D eigenvalue weighted by atomic mass is 10.6. The number of aliphatic hydroxyl groups is 1. The van der Waals surface area contributed by atoms with Gasteiger partial charge >= 0.3 is 6.03 Å². The zero-order valence-corrected chi connectivity index (χ0v) is 5.08. The summed E-state index contributed by atoms with van der Waals surface area (Å²) in [6.07, 6.45) is 1.28. The predicted molar refractivity (Wildman–Crippen MR) is 33.6 cm³/mol. The van der Waals surface area contributed by atoms with Crippen molar-refractivity contribution in [1.82, 2.24) is 4.90 Å². The fourth-order valence-electron chi connectivity index (χ4n) is 0.399. The largest absolute Gasteiger partial charge is 0.395 e. The minimum Gasteiger partial charge on any atom is -0.395 e. The van der Waals surface area contributed by atoms with E-state index < -0.39 is 6.03 Å². The lowest BCUT2D eigenvalue weighted by Gasteiger charge is -2.11. The van der Waals surface area contributed by atoms with Crippen LogP contribution in [0.2, 0.25) is 0 Å². The number of hydrogen-bond acceptors (Lipinski definition) is 2. The van der Waals surface area contributed by atoms with Gasteiger partial charge in [0.2, 0.25) is 0 Å². The van der Waals surface area contributed by atoms with E-state index in [2.05, 4.69) is 6.58 Å². The third-order valence-corrected chi connectivity index (χ3v) is 0.844. The predicted octanol–water partition coefficient (Wildman–Crippen LogP) is -0.497. The first kappa shape index (κ1) is 7.97. The highest BCUT2D eigenvalue weighted by Gasteiger charge is 2.01. The van der Waals surface area contributed by atoms with Gasteiger partial charge in [-0.15, -0.1) is 0 Å². The molecule has 0 aromatic heterocycles. The number of aliphatic hydroxyl groups excluding tert-OH is 1. The van der Waals surface area contributed by atoms with Gasteiger partial charge < -0.3 is 10.8 Å². The molecule has 0 fully saturated rings. The Labute approximate surface area is 53.6 Å². The molecule has 0 aromatic carbocycles. The summed E-state index contributed by atoms with van der Waals surface area (Å²) in [7, 11) is 0. The average Bonchev–Trinajstić information content (AvgIpc) is 1.82. The Bertz CT molecular complexity index is 114. The quantitative estimate of drug-likeness (QED) is 0.541. The van der Waals surface area contributed by atoms with Crippen molar-refractivity contribution in [3.05, 3.63) is 12.8 Å². The van der Waals surface area contributed by atoms with E-state index in [1.165, 1.54) is 6.20 Å². The number of primary amides is 1. The Balaban J connectivity index is 3.68. The van der Waals surface area contributed by atoms with Gasteiger partial charge in [-0.1, -0.05) is 6.58 Å². The average molecular weight is 130 g/mol. The smallest absolute Gasteiger partial charge is 0.318 e. The van der Waals surface area contributed by atoms with E-state index in [9.17, 15) is 4.79 Å². The highest BCUT2D eigenvalue weighted by Crippen LogP contribution is 1.84. The first-order chi connectivity index (χ1) is 4.22. The van der Waals surface area contributed by atoms with Crippen molar-refractivity contribution in [2.75, 3.05) is 13.2 Å². The van der Waals surface area contributed by atoms with Gasteiger partial charge in [0.25, 0.3) is 0 Å². The van der Waals surface area contributed by atoms with Crippen LogP contribution in [-0.4, -0.2) is 29.2 Å². The standard InChI is InChI=1S/C5H10N2O2/c1-2-7(3-4-8)5(6)9/h2,8H,1,3-4H2,(H2,6,9). The number of carbonyl (C=O) groups is 1. The molecule has 4 heteroatoms. The second kappa shape index (κ2) is 3.91. The second-order valence-electron chi connectivity index (χ2n) is 1.44. The Hall–Kier alpha value is -1.03. The molecule has 0 aliphatic rings. The molecule has 0 rings (SSSR count). The minimum absolute atomic E-state index is 0.102. The van der Waals surface area contributed by atoms with Gasteiger partial charge in [0.15, 0.2) is 0 Å². The molecule has 0 saturated carbocycles. The molecule has 0 unspecified atom stereocenters. The lowest BCUT2D eigenvalue weighted by Crippen LogP contribution is -2.32. The molecule has 0 saturated heterocycles. The molecular formula is C5H10N2O2. The van der Waals surface area contributed by atoms with Gasteiger partial charge in [0, 0.05) is 6.20 Å². The van der Waals surface area contributed by atoms with Crippen LogP contribution in [0.5, 0.6) is 0 Å². The normalized spacial score (nSPS) is 8.56. The zero-order chi connectivity index (χ0) is 7.28. The van der Waals surface area contributed by atoms with Crippen LogP contribution in [0.25, 0.3) is 0 Å². The molecule has 0 aliphatic carbocycles. The molecule has 0 heterocycles. The SMILES string of the molecule is C=CN(CCO)C(N)=O. The van der Waals surface area contributed by atoms with Crippen LogP contribution in [0.1, 0.15) is 0 Å². The fraction of sp³-hybridized carbons (Fsp3) is 0.400. The van der Waals surface area contributed by atoms with Crippen molar-refractivity contribution in [2.45, 2.75) is 0 Å². The van der Waals surface area contributed by atoms with Gasteiger partial charge in [0.05, 0.1) is 13.2 Å². The molecule has 0 aromatic rings. The monoisotopic (exact) mass is 130 g/mol. The summed E-state index contributed by atoms with van der Waals surface area (Å²) in [4.78, 5) is 11.4. The van der Waals surface area contributed by atoms with E-state index in [1.807, 2.05) is 0 Å². The summed E-state index contributed by atoms with van der Waals surface area (Å²) in [5, 5.41) is 8.32. The van der Waals surface area contributed by atoms with E-state index in [0.717, 1.165) is 4.90 Å². The fourth-order valence-corrected chi connectivity index (χ4v) is 0.399. The van der Waals surface area contributed by atoms with Crippen molar-refractivity contribution < 1.29 is 9.90 Å². The summed E-state index contributed by atoms with van der Waals surface area (Å²) in [6.45, 7) is 3.42. The number of amides is 2. The van der Waals surface area contributed by atoms with E-state index in [-0.39, 0.29) is 13.2 Å². The van der Waals surface area contributed by atoms with Crippen molar-refractivity contribution in [2.24, 2.45) is 5.73 Å². The Morgan fingerprint density at radius 3 is 2.56 bits per heavy atom. The minimum atomic E-state index is -0.598. The van der Waals surface area contributed by atoms with Crippen molar-refractivity contribution in [3.63, 3.8) is 0 Å². The van der Waals surface area contributed by atoms with Gasteiger partial charge in [-0.25, -0.2) is 4.79 Å². The molecule has 3 N–H and O–H groups in total. The van der Waals surface area contributed by atoms with Crippen LogP contribution >= 0.6 is 0 Å². The third-order valence-electron chi connectivity index (χ3n) is 0.844. The molecule has 4 nitrogen and oxygen atoms in total. The Morgan fingerprint density at radius 2 is 2.44 bits per heavy atom. The van der Waals surface area contributed by atoms with E-state index >= 15 is 0 Å². The first-order valence-corrected chi connectivity index (χ1v) is 2.52. The molecule has 0 bridgehead atoms. The highest BCUT2D eigenvalue weighted by atomic mass is 16.3. The number of nitrogens with zero attached hydrogens (tertiary/aromatic N) is 1. The number of nitrogens with two attached hydrogens (primary N) is 1. The Kier molecular flexibility index (Phi) is 3.46. The lowest BCUT2D eigenvalue weighted by molar-refractivity contribution is 0.207. The summed E-state index contributed by atoms with van der Waals surface area (Å²) in [5.74, 6) is 0. The van der Waals surface area contributed by atoms with E-state index in [1.54, 1.807) is 0 Å². The van der Waals surface area contributed by atoms with Gasteiger partial charge in [-0.2, -0.15) is 0 Å². The molecule has 2 amide bonds. The van der Waals surface area contributed by atoms with Crippen LogP contribution < -0.4 is 5.73 Å². The third kappa shape index (κ3) is 2.71. The summed E-state index contributed by atoms with van der Waals surface area (Å²) < 4.78 is 0. The Morgan fingerprint density at radius 1 is 1.89 bits per heavy atom. The van der Waals surface area contributed by atoms with Crippen LogP contribution in [0.4, 0.5) is 4.79 Å². The molecule has 9 heavy (non-hydrogen) atoms. The summed E-state index contributed by atoms with van der Waals surface area (Å²) in [5.41, 5.74) is 4.84. The van der Waals surface area contributed by atoms with Crippen LogP contribution in [0.3, 0.4) is 0 Å². The topological polar surface area (TPSA) is 66.6 Å². The molecule has 0 radical (unpaired) electrons. The highest BCUT2D eigenvalue weighted by molar-refractivity contribution is 5.72. The first-order valence-electron chi connectivity index (χ1n) is 2.52. The molecular weight excluding hydrogens is 120 g/mol. The van der Waals surface area contributed by atoms with E-state index in [0.29, 0.717) is 0 Å².